The maximum atomic E-state index is 9.29. The lowest BCUT2D eigenvalue weighted by Crippen LogP contribution is -2.22. The fourth-order valence-electron chi connectivity index (χ4n) is 1.86. The SMILES string of the molecule is CSc1ccc(-c2ccc(NCC(O)CO)cc2)cc1. The van der Waals surface area contributed by atoms with E-state index in [-0.39, 0.29) is 6.61 Å². The summed E-state index contributed by atoms with van der Waals surface area (Å²) in [6, 6.07) is 16.5. The summed E-state index contributed by atoms with van der Waals surface area (Å²) in [6.07, 6.45) is 1.34. The first kappa shape index (κ1) is 14.9. The molecule has 0 saturated heterocycles. The summed E-state index contributed by atoms with van der Waals surface area (Å²) >= 11 is 1.73. The van der Waals surface area contributed by atoms with E-state index >= 15 is 0 Å². The van der Waals surface area contributed by atoms with Crippen LogP contribution in [0.3, 0.4) is 0 Å². The van der Waals surface area contributed by atoms with E-state index in [4.69, 9.17) is 5.11 Å². The minimum atomic E-state index is -0.728. The van der Waals surface area contributed by atoms with E-state index in [0.717, 1.165) is 11.3 Å². The fourth-order valence-corrected chi connectivity index (χ4v) is 2.27. The second kappa shape index (κ2) is 7.33. The van der Waals surface area contributed by atoms with Gasteiger partial charge >= 0.3 is 0 Å². The molecule has 3 nitrogen and oxygen atoms in total. The van der Waals surface area contributed by atoms with Gasteiger partial charge in [-0.1, -0.05) is 24.3 Å². The highest BCUT2D eigenvalue weighted by molar-refractivity contribution is 7.98. The first-order valence-electron chi connectivity index (χ1n) is 6.50. The molecule has 0 spiro atoms. The molecule has 4 heteroatoms. The Morgan fingerprint density at radius 1 is 1.00 bits per heavy atom. The van der Waals surface area contributed by atoms with Crippen molar-refractivity contribution in [1.82, 2.24) is 0 Å². The molecule has 20 heavy (non-hydrogen) atoms. The van der Waals surface area contributed by atoms with Crippen LogP contribution in [-0.4, -0.2) is 35.7 Å². The van der Waals surface area contributed by atoms with Gasteiger partial charge < -0.3 is 15.5 Å². The first-order valence-corrected chi connectivity index (χ1v) is 7.72. The second-order valence-electron chi connectivity index (χ2n) is 4.52. The van der Waals surface area contributed by atoms with Crippen LogP contribution in [0.2, 0.25) is 0 Å². The zero-order chi connectivity index (χ0) is 14.4. The van der Waals surface area contributed by atoms with E-state index in [1.807, 2.05) is 24.3 Å². The monoisotopic (exact) mass is 289 g/mol. The molecule has 106 valence electrons. The molecule has 0 radical (unpaired) electrons. The third-order valence-electron chi connectivity index (χ3n) is 3.06. The predicted molar refractivity (Wildman–Crippen MR) is 85.2 cm³/mol. The van der Waals surface area contributed by atoms with Gasteiger partial charge in [0, 0.05) is 17.1 Å². The molecule has 3 N–H and O–H groups in total. The van der Waals surface area contributed by atoms with Crippen molar-refractivity contribution in [3.05, 3.63) is 48.5 Å². The number of hydrogen-bond acceptors (Lipinski definition) is 4. The zero-order valence-electron chi connectivity index (χ0n) is 11.4. The highest BCUT2D eigenvalue weighted by Gasteiger charge is 2.02. The number of thioether (sulfide) groups is 1. The third kappa shape index (κ3) is 4.00. The van der Waals surface area contributed by atoms with Crippen molar-refractivity contribution >= 4 is 17.4 Å². The smallest absolute Gasteiger partial charge is 0.0942 e. The number of anilines is 1. The molecule has 1 unspecified atom stereocenters. The second-order valence-corrected chi connectivity index (χ2v) is 5.40. The Hall–Kier alpha value is -1.49. The highest BCUT2D eigenvalue weighted by atomic mass is 32.2. The third-order valence-corrected chi connectivity index (χ3v) is 3.80. The first-order chi connectivity index (χ1) is 9.72. The van der Waals surface area contributed by atoms with Crippen LogP contribution < -0.4 is 5.32 Å². The van der Waals surface area contributed by atoms with Gasteiger partial charge in [-0.2, -0.15) is 0 Å². The molecule has 2 aromatic carbocycles. The van der Waals surface area contributed by atoms with E-state index in [1.54, 1.807) is 11.8 Å². The van der Waals surface area contributed by atoms with Crippen molar-refractivity contribution in [2.75, 3.05) is 24.7 Å². The van der Waals surface area contributed by atoms with Crippen molar-refractivity contribution in [1.29, 1.82) is 0 Å². The summed E-state index contributed by atoms with van der Waals surface area (Å²) < 4.78 is 0. The summed E-state index contributed by atoms with van der Waals surface area (Å²) in [7, 11) is 0. The van der Waals surface area contributed by atoms with Crippen LogP contribution in [0.25, 0.3) is 11.1 Å². The Labute approximate surface area is 123 Å². The topological polar surface area (TPSA) is 52.5 Å². The number of aliphatic hydroxyl groups excluding tert-OH is 2. The van der Waals surface area contributed by atoms with Crippen LogP contribution in [-0.2, 0) is 0 Å². The van der Waals surface area contributed by atoms with Gasteiger partial charge in [0.1, 0.15) is 0 Å². The predicted octanol–water partition coefficient (Wildman–Crippen LogP) is 2.84. The molecule has 0 aliphatic carbocycles. The van der Waals surface area contributed by atoms with Crippen molar-refractivity contribution < 1.29 is 10.2 Å². The van der Waals surface area contributed by atoms with Crippen molar-refractivity contribution in [2.45, 2.75) is 11.0 Å². The maximum absolute atomic E-state index is 9.29. The normalized spacial score (nSPS) is 12.2. The largest absolute Gasteiger partial charge is 0.394 e. The van der Waals surface area contributed by atoms with Crippen molar-refractivity contribution in [3.8, 4) is 11.1 Å². The molecule has 0 bridgehead atoms. The van der Waals surface area contributed by atoms with Crippen LogP contribution in [0.15, 0.2) is 53.4 Å². The Morgan fingerprint density at radius 2 is 1.55 bits per heavy atom. The molecular weight excluding hydrogens is 270 g/mol. The average molecular weight is 289 g/mol. The minimum absolute atomic E-state index is 0.229. The Bertz CT molecular complexity index is 525. The average Bonchev–Trinajstić information content (AvgIpc) is 2.53. The fraction of sp³-hybridized carbons (Fsp3) is 0.250. The maximum Gasteiger partial charge on any atom is 0.0942 e. The Kier molecular flexibility index (Phi) is 5.47. The Balaban J connectivity index is 2.03. The van der Waals surface area contributed by atoms with Gasteiger partial charge in [-0.05, 0) is 41.6 Å². The molecule has 0 aliphatic heterocycles. The molecule has 0 aromatic heterocycles. The highest BCUT2D eigenvalue weighted by Crippen LogP contribution is 2.24. The summed E-state index contributed by atoms with van der Waals surface area (Å²) in [5.41, 5.74) is 3.28. The zero-order valence-corrected chi connectivity index (χ0v) is 12.2. The van der Waals surface area contributed by atoms with Crippen LogP contribution in [0.1, 0.15) is 0 Å². The van der Waals surface area contributed by atoms with Gasteiger partial charge in [-0.3, -0.25) is 0 Å². The molecule has 1 atom stereocenters. The van der Waals surface area contributed by atoms with Crippen LogP contribution >= 0.6 is 11.8 Å². The van der Waals surface area contributed by atoms with Gasteiger partial charge in [0.2, 0.25) is 0 Å². The standard InChI is InChI=1S/C16H19NO2S/c1-20-16-8-4-13(5-9-16)12-2-6-14(7-3-12)17-10-15(19)11-18/h2-9,15,17-19H,10-11H2,1H3. The number of nitrogens with one attached hydrogen (secondary N) is 1. The minimum Gasteiger partial charge on any atom is -0.394 e. The molecule has 2 aromatic rings. The van der Waals surface area contributed by atoms with Gasteiger partial charge in [-0.25, -0.2) is 0 Å². The van der Waals surface area contributed by atoms with Crippen LogP contribution in [0.5, 0.6) is 0 Å². The number of hydrogen-bond donors (Lipinski definition) is 3. The summed E-state index contributed by atoms with van der Waals surface area (Å²) in [6.45, 7) is 0.116. The molecule has 0 aliphatic rings. The molecular formula is C16H19NO2S. The summed E-state index contributed by atoms with van der Waals surface area (Å²) in [5, 5.41) is 21.1. The summed E-state index contributed by atoms with van der Waals surface area (Å²) in [4.78, 5) is 1.25. The van der Waals surface area contributed by atoms with Gasteiger partial charge in [0.15, 0.2) is 0 Å². The van der Waals surface area contributed by atoms with Crippen LogP contribution in [0, 0.1) is 0 Å². The van der Waals surface area contributed by atoms with E-state index in [2.05, 4.69) is 35.8 Å². The van der Waals surface area contributed by atoms with E-state index < -0.39 is 6.10 Å². The van der Waals surface area contributed by atoms with Crippen LogP contribution in [0.4, 0.5) is 5.69 Å². The molecule has 2 rings (SSSR count). The molecule has 0 amide bonds. The van der Waals surface area contributed by atoms with E-state index in [1.165, 1.54) is 10.5 Å². The summed E-state index contributed by atoms with van der Waals surface area (Å²) in [5.74, 6) is 0. The van der Waals surface area contributed by atoms with Gasteiger partial charge in [0.25, 0.3) is 0 Å². The molecule has 0 heterocycles. The van der Waals surface area contributed by atoms with Crippen molar-refractivity contribution in [3.63, 3.8) is 0 Å². The Morgan fingerprint density at radius 3 is 2.05 bits per heavy atom. The molecule has 0 saturated carbocycles. The van der Waals surface area contributed by atoms with E-state index in [0.29, 0.717) is 6.54 Å². The molecule has 0 fully saturated rings. The lowest BCUT2D eigenvalue weighted by Gasteiger charge is -2.11. The van der Waals surface area contributed by atoms with Gasteiger partial charge in [0.05, 0.1) is 12.7 Å². The number of benzene rings is 2. The quantitative estimate of drug-likeness (QED) is 0.716. The van der Waals surface area contributed by atoms with Crippen molar-refractivity contribution in [2.24, 2.45) is 0 Å². The number of rotatable bonds is 6. The lowest BCUT2D eigenvalue weighted by molar-refractivity contribution is 0.105. The lowest BCUT2D eigenvalue weighted by atomic mass is 10.1. The van der Waals surface area contributed by atoms with E-state index in [9.17, 15) is 5.11 Å². The number of aliphatic hydroxyl groups is 2. The van der Waals surface area contributed by atoms with Gasteiger partial charge in [-0.15, -0.1) is 11.8 Å².